The van der Waals surface area contributed by atoms with E-state index in [-0.39, 0.29) is 12.1 Å². The van der Waals surface area contributed by atoms with E-state index in [1.807, 2.05) is 56.3 Å². The Balaban J connectivity index is 1.98. The number of aromatic nitrogens is 3. The monoisotopic (exact) mass is 471 g/mol. The number of halogens is 2. The SMILES string of the molecule is Cc1ncc2nc(CN(C)C)n(Cc3c(F)cc(S(N)(=O)=O)cc3F)c2c1-c1ccccc1. The van der Waals surface area contributed by atoms with Crippen molar-refractivity contribution in [2.24, 2.45) is 5.14 Å². The average molecular weight is 472 g/mol. The molecule has 4 aromatic rings. The van der Waals surface area contributed by atoms with Gasteiger partial charge in [0.2, 0.25) is 10.0 Å². The molecule has 0 aliphatic rings. The fraction of sp³-hybridized carbons (Fsp3) is 0.217. The van der Waals surface area contributed by atoms with Crippen LogP contribution < -0.4 is 5.14 Å². The van der Waals surface area contributed by atoms with Crippen molar-refractivity contribution >= 4 is 21.1 Å². The van der Waals surface area contributed by atoms with Gasteiger partial charge in [-0.15, -0.1) is 0 Å². The Kier molecular flexibility index (Phi) is 6.00. The van der Waals surface area contributed by atoms with Gasteiger partial charge in [0.1, 0.15) is 23.0 Å². The van der Waals surface area contributed by atoms with Crippen molar-refractivity contribution < 1.29 is 17.2 Å². The Morgan fingerprint density at radius 2 is 1.73 bits per heavy atom. The second-order valence-electron chi connectivity index (χ2n) is 8.08. The molecule has 0 unspecified atom stereocenters. The maximum Gasteiger partial charge on any atom is 0.238 e. The summed E-state index contributed by atoms with van der Waals surface area (Å²) < 4.78 is 54.7. The second kappa shape index (κ2) is 8.62. The molecule has 0 atom stereocenters. The van der Waals surface area contributed by atoms with Crippen LogP contribution in [0.25, 0.3) is 22.2 Å². The molecule has 2 aromatic carbocycles. The highest BCUT2D eigenvalue weighted by molar-refractivity contribution is 7.89. The van der Waals surface area contributed by atoms with E-state index in [0.29, 0.717) is 23.4 Å². The van der Waals surface area contributed by atoms with Crippen LogP contribution in [0.3, 0.4) is 0 Å². The van der Waals surface area contributed by atoms with Crippen LogP contribution in [0.5, 0.6) is 0 Å². The number of hydrogen-bond donors (Lipinski definition) is 1. The normalized spacial score (nSPS) is 12.1. The van der Waals surface area contributed by atoms with Gasteiger partial charge in [0, 0.05) is 16.8 Å². The van der Waals surface area contributed by atoms with Crippen molar-refractivity contribution in [3.63, 3.8) is 0 Å². The zero-order valence-electron chi connectivity index (χ0n) is 18.4. The molecule has 7 nitrogen and oxygen atoms in total. The van der Waals surface area contributed by atoms with E-state index >= 15 is 0 Å². The molecule has 0 bridgehead atoms. The fourth-order valence-corrected chi connectivity index (χ4v) is 4.38. The lowest BCUT2D eigenvalue weighted by molar-refractivity contribution is 0.383. The molecule has 0 aliphatic carbocycles. The first-order valence-corrected chi connectivity index (χ1v) is 11.7. The number of pyridine rings is 1. The summed E-state index contributed by atoms with van der Waals surface area (Å²) in [5.41, 5.74) is 3.47. The third-order valence-corrected chi connectivity index (χ3v) is 6.22. The van der Waals surface area contributed by atoms with Crippen LogP contribution in [0.2, 0.25) is 0 Å². The molecule has 2 N–H and O–H groups in total. The molecule has 2 heterocycles. The Labute approximate surface area is 190 Å². The molecule has 0 saturated heterocycles. The number of primary sulfonamides is 1. The lowest BCUT2D eigenvalue weighted by Gasteiger charge is -2.16. The minimum absolute atomic E-state index is 0.189. The van der Waals surface area contributed by atoms with Gasteiger partial charge >= 0.3 is 0 Å². The summed E-state index contributed by atoms with van der Waals surface area (Å²) in [4.78, 5) is 10.5. The van der Waals surface area contributed by atoms with E-state index in [0.717, 1.165) is 29.0 Å². The molecule has 0 aliphatic heterocycles. The number of imidazole rings is 1. The third-order valence-electron chi connectivity index (χ3n) is 5.33. The first-order chi connectivity index (χ1) is 15.6. The summed E-state index contributed by atoms with van der Waals surface area (Å²) in [6.07, 6.45) is 1.64. The summed E-state index contributed by atoms with van der Waals surface area (Å²) in [5, 5.41) is 5.05. The third kappa shape index (κ3) is 4.50. The smallest absolute Gasteiger partial charge is 0.238 e. The highest BCUT2D eigenvalue weighted by Gasteiger charge is 2.22. The van der Waals surface area contributed by atoms with E-state index in [9.17, 15) is 17.2 Å². The van der Waals surface area contributed by atoms with Crippen molar-refractivity contribution in [1.29, 1.82) is 0 Å². The Morgan fingerprint density at radius 3 is 2.30 bits per heavy atom. The van der Waals surface area contributed by atoms with Crippen molar-refractivity contribution in [1.82, 2.24) is 19.4 Å². The summed E-state index contributed by atoms with van der Waals surface area (Å²) in [6.45, 7) is 2.10. The van der Waals surface area contributed by atoms with Crippen molar-refractivity contribution in [2.75, 3.05) is 14.1 Å². The highest BCUT2D eigenvalue weighted by Crippen LogP contribution is 2.33. The number of aryl methyl sites for hydroxylation is 1. The van der Waals surface area contributed by atoms with Crippen molar-refractivity contribution in [3.8, 4) is 11.1 Å². The number of benzene rings is 2. The summed E-state index contributed by atoms with van der Waals surface area (Å²) >= 11 is 0. The average Bonchev–Trinajstić information content (AvgIpc) is 3.06. The standard InChI is InChI=1S/C23H23F2N5O2S/c1-14-22(15-7-5-4-6-8-15)23-20(11-27-14)28-21(13-29(2)3)30(23)12-17-18(24)9-16(10-19(17)25)33(26,31)32/h4-11H,12-13H2,1-3H3,(H2,26,31,32). The Morgan fingerprint density at radius 1 is 1.09 bits per heavy atom. The molecule has 4 rings (SSSR count). The van der Waals surface area contributed by atoms with E-state index in [1.165, 1.54) is 0 Å². The summed E-state index contributed by atoms with van der Waals surface area (Å²) in [7, 11) is -0.511. The van der Waals surface area contributed by atoms with Gasteiger partial charge in [-0.05, 0) is 38.7 Å². The first kappa shape index (κ1) is 23.0. The Hall–Kier alpha value is -3.21. The van der Waals surface area contributed by atoms with Crippen LogP contribution in [0.1, 0.15) is 17.1 Å². The van der Waals surface area contributed by atoms with Gasteiger partial charge in [-0.3, -0.25) is 4.98 Å². The molecule has 0 saturated carbocycles. The predicted octanol–water partition coefficient (Wildman–Crippen LogP) is 3.44. The summed E-state index contributed by atoms with van der Waals surface area (Å²) in [5.74, 6) is -1.40. The number of sulfonamides is 1. The van der Waals surface area contributed by atoms with E-state index in [1.54, 1.807) is 10.8 Å². The fourth-order valence-electron chi connectivity index (χ4n) is 3.84. The van der Waals surface area contributed by atoms with Crippen molar-refractivity contribution in [3.05, 3.63) is 77.4 Å². The molecule has 10 heteroatoms. The first-order valence-electron chi connectivity index (χ1n) is 10.1. The lowest BCUT2D eigenvalue weighted by Crippen LogP contribution is -2.18. The number of nitrogens with zero attached hydrogens (tertiary/aromatic N) is 4. The molecule has 33 heavy (non-hydrogen) atoms. The lowest BCUT2D eigenvalue weighted by atomic mass is 10.0. The van der Waals surface area contributed by atoms with Crippen LogP contribution in [-0.4, -0.2) is 41.9 Å². The van der Waals surface area contributed by atoms with Crippen LogP contribution >= 0.6 is 0 Å². The molecule has 0 fully saturated rings. The predicted molar refractivity (Wildman–Crippen MR) is 122 cm³/mol. The van der Waals surface area contributed by atoms with Gasteiger partial charge in [-0.25, -0.2) is 27.3 Å². The largest absolute Gasteiger partial charge is 0.322 e. The van der Waals surface area contributed by atoms with Gasteiger partial charge in [0.25, 0.3) is 0 Å². The van der Waals surface area contributed by atoms with Gasteiger partial charge in [0.15, 0.2) is 0 Å². The maximum absolute atomic E-state index is 14.9. The zero-order chi connectivity index (χ0) is 23.9. The zero-order valence-corrected chi connectivity index (χ0v) is 19.2. The molecule has 0 amide bonds. The van der Waals surface area contributed by atoms with Crippen LogP contribution in [0.4, 0.5) is 8.78 Å². The van der Waals surface area contributed by atoms with Crippen LogP contribution in [0, 0.1) is 18.6 Å². The van der Waals surface area contributed by atoms with Gasteiger partial charge < -0.3 is 9.47 Å². The molecule has 172 valence electrons. The summed E-state index contributed by atoms with van der Waals surface area (Å²) in [6, 6.07) is 11.1. The Bertz CT molecular complexity index is 1430. The quantitative estimate of drug-likeness (QED) is 0.465. The number of hydrogen-bond acceptors (Lipinski definition) is 5. The molecular weight excluding hydrogens is 448 g/mol. The number of nitrogens with two attached hydrogens (primary N) is 1. The maximum atomic E-state index is 14.9. The minimum Gasteiger partial charge on any atom is -0.322 e. The molecular formula is C23H23F2N5O2S. The van der Waals surface area contributed by atoms with Crippen LogP contribution in [-0.2, 0) is 23.1 Å². The molecule has 2 aromatic heterocycles. The van der Waals surface area contributed by atoms with Gasteiger partial charge in [-0.1, -0.05) is 30.3 Å². The minimum atomic E-state index is -4.25. The second-order valence-corrected chi connectivity index (χ2v) is 9.64. The number of fused-ring (bicyclic) bond motifs is 1. The molecule has 0 spiro atoms. The van der Waals surface area contributed by atoms with E-state index in [2.05, 4.69) is 4.98 Å². The van der Waals surface area contributed by atoms with E-state index in [4.69, 9.17) is 10.1 Å². The van der Waals surface area contributed by atoms with Crippen LogP contribution in [0.15, 0.2) is 53.6 Å². The van der Waals surface area contributed by atoms with Gasteiger partial charge in [-0.2, -0.15) is 0 Å². The number of rotatable bonds is 6. The molecule has 0 radical (unpaired) electrons. The highest BCUT2D eigenvalue weighted by atomic mass is 32.2. The van der Waals surface area contributed by atoms with E-state index < -0.39 is 26.6 Å². The van der Waals surface area contributed by atoms with Crippen molar-refractivity contribution in [2.45, 2.75) is 24.9 Å². The van der Waals surface area contributed by atoms with Gasteiger partial charge in [0.05, 0.1) is 29.7 Å². The topological polar surface area (TPSA) is 94.1 Å².